The van der Waals surface area contributed by atoms with E-state index in [1.165, 1.54) is 0 Å². The zero-order valence-electron chi connectivity index (χ0n) is 10.1. The fourth-order valence-corrected chi connectivity index (χ4v) is 2.42. The van der Waals surface area contributed by atoms with Crippen LogP contribution in [-0.2, 0) is 0 Å². The zero-order valence-corrected chi connectivity index (χ0v) is 10.1. The highest BCUT2D eigenvalue weighted by Crippen LogP contribution is 2.36. The minimum Gasteiger partial charge on any atom is -0.475 e. The van der Waals surface area contributed by atoms with Gasteiger partial charge in [0.2, 0.25) is 5.88 Å². The van der Waals surface area contributed by atoms with Crippen molar-refractivity contribution in [1.29, 1.82) is 0 Å². The molecule has 1 fully saturated rings. The van der Waals surface area contributed by atoms with Crippen LogP contribution in [0.1, 0.15) is 16.8 Å². The molecule has 3 heterocycles. The molecule has 9 heteroatoms. The Morgan fingerprint density at radius 3 is 3.00 bits per heavy atom. The first-order chi connectivity index (χ1) is 9.37. The largest absolute Gasteiger partial charge is 0.475 e. The third-order valence-corrected chi connectivity index (χ3v) is 3.33. The summed E-state index contributed by atoms with van der Waals surface area (Å²) in [5.41, 5.74) is -0.537. The van der Waals surface area contributed by atoms with E-state index in [9.17, 15) is 23.7 Å². The summed E-state index contributed by atoms with van der Waals surface area (Å²) >= 11 is 0. The molecule has 0 spiro atoms. The molecule has 1 aromatic heterocycles. The van der Waals surface area contributed by atoms with Gasteiger partial charge in [-0.3, -0.25) is 14.9 Å². The van der Waals surface area contributed by atoms with Gasteiger partial charge >= 0.3 is 0 Å². The van der Waals surface area contributed by atoms with E-state index in [4.69, 9.17) is 4.74 Å². The molecule has 0 bridgehead atoms. The highest BCUT2D eigenvalue weighted by Gasteiger charge is 2.49. The summed E-state index contributed by atoms with van der Waals surface area (Å²) in [6.45, 7) is -0.804. The number of hydrogen-bond donors (Lipinski definition) is 0. The van der Waals surface area contributed by atoms with Crippen molar-refractivity contribution in [2.24, 2.45) is 0 Å². The SMILES string of the molecule is O=C1c2cc([N+](=O)[O-])cnc2OC[C@H]2CC(F)(F)CN12. The van der Waals surface area contributed by atoms with Gasteiger partial charge in [0.15, 0.2) is 0 Å². The Kier molecular flexibility index (Phi) is 2.59. The van der Waals surface area contributed by atoms with Gasteiger partial charge < -0.3 is 9.64 Å². The van der Waals surface area contributed by atoms with Crippen LogP contribution in [0.4, 0.5) is 14.5 Å². The highest BCUT2D eigenvalue weighted by molar-refractivity contribution is 5.97. The first-order valence-corrected chi connectivity index (χ1v) is 5.83. The average Bonchev–Trinajstić information content (AvgIpc) is 2.64. The summed E-state index contributed by atoms with van der Waals surface area (Å²) in [4.78, 5) is 26.9. The van der Waals surface area contributed by atoms with Gasteiger partial charge in [-0.1, -0.05) is 0 Å². The Morgan fingerprint density at radius 1 is 1.55 bits per heavy atom. The Balaban J connectivity index is 2.01. The van der Waals surface area contributed by atoms with Crippen LogP contribution >= 0.6 is 0 Å². The van der Waals surface area contributed by atoms with Crippen molar-refractivity contribution in [3.8, 4) is 5.88 Å². The number of nitrogens with zero attached hydrogens (tertiary/aromatic N) is 3. The second-order valence-corrected chi connectivity index (χ2v) is 4.76. The number of halogens is 2. The van der Waals surface area contributed by atoms with Crippen molar-refractivity contribution < 1.29 is 23.2 Å². The molecule has 0 unspecified atom stereocenters. The lowest BCUT2D eigenvalue weighted by Gasteiger charge is -2.19. The Morgan fingerprint density at radius 2 is 2.30 bits per heavy atom. The van der Waals surface area contributed by atoms with E-state index in [0.717, 1.165) is 17.2 Å². The molecule has 20 heavy (non-hydrogen) atoms. The van der Waals surface area contributed by atoms with Gasteiger partial charge in [-0.05, 0) is 0 Å². The van der Waals surface area contributed by atoms with E-state index in [1.54, 1.807) is 0 Å². The van der Waals surface area contributed by atoms with E-state index >= 15 is 0 Å². The van der Waals surface area contributed by atoms with Crippen LogP contribution < -0.4 is 4.74 Å². The molecule has 0 aliphatic carbocycles. The van der Waals surface area contributed by atoms with E-state index in [-0.39, 0.29) is 23.7 Å². The van der Waals surface area contributed by atoms with E-state index in [0.29, 0.717) is 0 Å². The smallest absolute Gasteiger partial charge is 0.288 e. The second kappa shape index (κ2) is 4.09. The summed E-state index contributed by atoms with van der Waals surface area (Å²) in [6, 6.07) is 0.259. The molecule has 1 atom stereocenters. The molecule has 0 aromatic carbocycles. The van der Waals surface area contributed by atoms with Gasteiger partial charge in [-0.25, -0.2) is 13.8 Å². The number of nitro groups is 1. The van der Waals surface area contributed by atoms with E-state index in [2.05, 4.69) is 4.98 Å². The molecule has 0 N–H and O–H groups in total. The molecule has 106 valence electrons. The maximum atomic E-state index is 13.4. The molecular weight excluding hydrogens is 276 g/mol. The van der Waals surface area contributed by atoms with Gasteiger partial charge in [-0.2, -0.15) is 0 Å². The Hall–Kier alpha value is -2.32. The first kappa shape index (κ1) is 12.7. The topological polar surface area (TPSA) is 85.6 Å². The number of rotatable bonds is 1. The Labute approximate surface area is 111 Å². The standard InChI is InChI=1S/C11H9F2N3O4/c12-11(13)2-7-4-20-9-8(10(17)15(7)5-11)1-6(3-14-9)16(18)19/h1,3,7H,2,4-5H2/t7-/m1/s1. The monoisotopic (exact) mass is 285 g/mol. The maximum Gasteiger partial charge on any atom is 0.288 e. The number of ether oxygens (including phenoxy) is 1. The molecule has 1 amide bonds. The molecule has 7 nitrogen and oxygen atoms in total. The molecule has 2 aliphatic rings. The molecule has 2 aliphatic heterocycles. The van der Waals surface area contributed by atoms with Crippen LogP contribution in [0.25, 0.3) is 0 Å². The zero-order chi connectivity index (χ0) is 14.5. The summed E-state index contributed by atoms with van der Waals surface area (Å²) in [5.74, 6) is -3.73. The molecular formula is C11H9F2N3O4. The summed E-state index contributed by atoms with van der Waals surface area (Å²) in [5, 5.41) is 10.7. The number of fused-ring (bicyclic) bond motifs is 2. The number of aromatic nitrogens is 1. The van der Waals surface area contributed by atoms with Crippen LogP contribution in [0.5, 0.6) is 5.88 Å². The number of alkyl halides is 2. The summed E-state index contributed by atoms with van der Waals surface area (Å²) in [6.07, 6.45) is 0.492. The van der Waals surface area contributed by atoms with Crippen LogP contribution in [0.3, 0.4) is 0 Å². The number of hydrogen-bond acceptors (Lipinski definition) is 5. The van der Waals surface area contributed by atoms with Crippen molar-refractivity contribution in [3.63, 3.8) is 0 Å². The minimum atomic E-state index is -2.96. The minimum absolute atomic E-state index is 0.0571. The molecule has 0 radical (unpaired) electrons. The molecule has 1 aromatic rings. The first-order valence-electron chi connectivity index (χ1n) is 5.83. The van der Waals surface area contributed by atoms with Gasteiger partial charge in [0.05, 0.1) is 17.5 Å². The molecule has 1 saturated heterocycles. The van der Waals surface area contributed by atoms with Crippen molar-refractivity contribution >= 4 is 11.6 Å². The quantitative estimate of drug-likeness (QED) is 0.572. The molecule has 3 rings (SSSR count). The Bertz CT molecular complexity index is 607. The predicted molar refractivity (Wildman–Crippen MR) is 60.8 cm³/mol. The van der Waals surface area contributed by atoms with Crippen molar-refractivity contribution in [3.05, 3.63) is 27.9 Å². The third kappa shape index (κ3) is 1.95. The number of pyridine rings is 1. The fourth-order valence-electron chi connectivity index (χ4n) is 2.42. The van der Waals surface area contributed by atoms with Crippen LogP contribution in [0.2, 0.25) is 0 Å². The average molecular weight is 285 g/mol. The highest BCUT2D eigenvalue weighted by atomic mass is 19.3. The van der Waals surface area contributed by atoms with E-state index in [1.807, 2.05) is 0 Å². The second-order valence-electron chi connectivity index (χ2n) is 4.76. The van der Waals surface area contributed by atoms with E-state index < -0.39 is 35.8 Å². The summed E-state index contributed by atoms with van der Waals surface area (Å²) in [7, 11) is 0. The van der Waals surface area contributed by atoms with Crippen molar-refractivity contribution in [1.82, 2.24) is 9.88 Å². The lowest BCUT2D eigenvalue weighted by Crippen LogP contribution is -2.37. The van der Waals surface area contributed by atoms with Crippen LogP contribution in [-0.4, -0.2) is 45.8 Å². The van der Waals surface area contributed by atoms with Crippen molar-refractivity contribution in [2.75, 3.05) is 13.2 Å². The van der Waals surface area contributed by atoms with Gasteiger partial charge in [0, 0.05) is 12.5 Å². The third-order valence-electron chi connectivity index (χ3n) is 3.33. The number of amides is 1. The predicted octanol–water partition coefficient (Wildman–Crippen LogP) is 1.23. The van der Waals surface area contributed by atoms with Crippen LogP contribution in [0.15, 0.2) is 12.3 Å². The number of carbonyl (C=O) groups is 1. The molecule has 0 saturated carbocycles. The van der Waals surface area contributed by atoms with Gasteiger partial charge in [0.25, 0.3) is 17.5 Å². The normalized spacial score (nSPS) is 23.6. The van der Waals surface area contributed by atoms with Crippen LogP contribution in [0, 0.1) is 10.1 Å². The lowest BCUT2D eigenvalue weighted by atomic mass is 10.2. The summed E-state index contributed by atoms with van der Waals surface area (Å²) < 4.78 is 32.0. The number of carbonyl (C=O) groups excluding carboxylic acids is 1. The van der Waals surface area contributed by atoms with Crippen molar-refractivity contribution in [2.45, 2.75) is 18.4 Å². The lowest BCUT2D eigenvalue weighted by molar-refractivity contribution is -0.385. The maximum absolute atomic E-state index is 13.4. The van der Waals surface area contributed by atoms with Gasteiger partial charge in [-0.15, -0.1) is 0 Å². The fraction of sp³-hybridized carbons (Fsp3) is 0.455. The van der Waals surface area contributed by atoms with Gasteiger partial charge in [0.1, 0.15) is 18.4 Å².